The highest BCUT2D eigenvalue weighted by Crippen LogP contribution is 2.40. The topological polar surface area (TPSA) is 62.6 Å². The second-order valence-corrected chi connectivity index (χ2v) is 7.60. The van der Waals surface area contributed by atoms with E-state index in [1.807, 2.05) is 24.3 Å². The first-order valence-corrected chi connectivity index (χ1v) is 9.36. The summed E-state index contributed by atoms with van der Waals surface area (Å²) in [4.78, 5) is 3.48. The van der Waals surface area contributed by atoms with Crippen LogP contribution >= 0.6 is 23.1 Å². The van der Waals surface area contributed by atoms with E-state index in [-0.39, 0.29) is 0 Å². The van der Waals surface area contributed by atoms with Crippen molar-refractivity contribution in [1.29, 1.82) is 0 Å². The standard InChI is InChI=1S/C16H18F3NO3S2/c1-2-3-8-23-12-6-4-11(5-7-12)10-24-13-9-20-14(25-13)15(21,22)16(17,18)19/h4-7,9,21-22H,2-3,8,10H2,1H3. The van der Waals surface area contributed by atoms with Gasteiger partial charge in [-0.3, -0.25) is 0 Å². The van der Waals surface area contributed by atoms with Crippen molar-refractivity contribution in [3.8, 4) is 5.75 Å². The monoisotopic (exact) mass is 393 g/mol. The molecule has 0 fully saturated rings. The van der Waals surface area contributed by atoms with Crippen molar-refractivity contribution in [3.05, 3.63) is 41.0 Å². The molecule has 1 aromatic carbocycles. The largest absolute Gasteiger partial charge is 0.494 e. The SMILES string of the molecule is CCCCOc1ccc(CSc2cnc(C(O)(O)C(F)(F)F)s2)cc1. The number of unbranched alkanes of at least 4 members (excludes halogenated alkanes) is 1. The summed E-state index contributed by atoms with van der Waals surface area (Å²) in [5.41, 5.74) is 0.970. The molecule has 1 aromatic heterocycles. The number of thiazole rings is 1. The molecule has 0 unspecified atom stereocenters. The average molecular weight is 393 g/mol. The molecular formula is C16H18F3NO3S2. The molecule has 0 aliphatic heterocycles. The number of thioether (sulfide) groups is 1. The third-order valence-electron chi connectivity index (χ3n) is 3.25. The van der Waals surface area contributed by atoms with Gasteiger partial charge in [0.1, 0.15) is 5.75 Å². The molecule has 138 valence electrons. The maximum absolute atomic E-state index is 12.6. The maximum atomic E-state index is 12.6. The summed E-state index contributed by atoms with van der Waals surface area (Å²) in [7, 11) is 0. The zero-order valence-electron chi connectivity index (χ0n) is 13.4. The van der Waals surface area contributed by atoms with Crippen LogP contribution < -0.4 is 4.74 Å². The molecule has 1 heterocycles. The molecule has 0 amide bonds. The van der Waals surface area contributed by atoms with E-state index in [0.717, 1.165) is 24.2 Å². The van der Waals surface area contributed by atoms with Gasteiger partial charge in [0.15, 0.2) is 5.01 Å². The van der Waals surface area contributed by atoms with E-state index < -0.39 is 17.0 Å². The predicted octanol–water partition coefficient (Wildman–Crippen LogP) is 4.31. The lowest BCUT2D eigenvalue weighted by Gasteiger charge is -2.21. The van der Waals surface area contributed by atoms with Gasteiger partial charge in [0.2, 0.25) is 0 Å². The number of aliphatic hydroxyl groups is 2. The summed E-state index contributed by atoms with van der Waals surface area (Å²) in [6.07, 6.45) is -1.94. The van der Waals surface area contributed by atoms with Crippen LogP contribution in [-0.2, 0) is 11.5 Å². The Morgan fingerprint density at radius 3 is 2.48 bits per heavy atom. The Morgan fingerprint density at radius 1 is 1.20 bits per heavy atom. The van der Waals surface area contributed by atoms with E-state index in [2.05, 4.69) is 11.9 Å². The summed E-state index contributed by atoms with van der Waals surface area (Å²) in [5, 5.41) is 17.6. The second kappa shape index (κ2) is 8.39. The summed E-state index contributed by atoms with van der Waals surface area (Å²) in [6, 6.07) is 7.46. The first-order valence-electron chi connectivity index (χ1n) is 7.56. The molecule has 0 atom stereocenters. The normalized spacial score (nSPS) is 12.4. The lowest BCUT2D eigenvalue weighted by molar-refractivity contribution is -0.358. The molecule has 2 N–H and O–H groups in total. The van der Waals surface area contributed by atoms with Crippen molar-refractivity contribution >= 4 is 23.1 Å². The summed E-state index contributed by atoms with van der Waals surface area (Å²) < 4.78 is 43.8. The minimum atomic E-state index is -5.19. The molecule has 2 aromatic rings. The van der Waals surface area contributed by atoms with E-state index in [4.69, 9.17) is 4.74 Å². The smallest absolute Gasteiger partial charge is 0.450 e. The number of nitrogens with zero attached hydrogens (tertiary/aromatic N) is 1. The second-order valence-electron chi connectivity index (χ2n) is 5.29. The van der Waals surface area contributed by atoms with Gasteiger partial charge in [0.05, 0.1) is 17.0 Å². The van der Waals surface area contributed by atoms with Gasteiger partial charge in [-0.05, 0) is 24.1 Å². The van der Waals surface area contributed by atoms with E-state index in [1.54, 1.807) is 0 Å². The molecule has 0 bridgehead atoms. The van der Waals surface area contributed by atoms with Crippen LogP contribution in [0, 0.1) is 0 Å². The lowest BCUT2D eigenvalue weighted by Crippen LogP contribution is -2.41. The van der Waals surface area contributed by atoms with Crippen LogP contribution in [-0.4, -0.2) is 28.0 Å². The first kappa shape index (κ1) is 20.0. The molecule has 0 aliphatic rings. The molecule has 0 saturated heterocycles. The number of hydrogen-bond acceptors (Lipinski definition) is 6. The Kier molecular flexibility index (Phi) is 6.72. The van der Waals surface area contributed by atoms with Crippen molar-refractivity contribution in [1.82, 2.24) is 4.98 Å². The van der Waals surface area contributed by atoms with E-state index in [9.17, 15) is 23.4 Å². The average Bonchev–Trinajstić information content (AvgIpc) is 3.03. The van der Waals surface area contributed by atoms with Crippen LogP contribution in [0.25, 0.3) is 0 Å². The number of alkyl halides is 3. The quantitative estimate of drug-likeness (QED) is 0.397. The van der Waals surface area contributed by atoms with Crippen LogP contribution in [0.3, 0.4) is 0 Å². The Morgan fingerprint density at radius 2 is 1.88 bits per heavy atom. The number of benzene rings is 1. The molecule has 2 rings (SSSR count). The third kappa shape index (κ3) is 5.34. The van der Waals surface area contributed by atoms with Crippen molar-refractivity contribution in [2.75, 3.05) is 6.61 Å². The van der Waals surface area contributed by atoms with Crippen molar-refractivity contribution in [3.63, 3.8) is 0 Å². The molecule has 0 spiro atoms. The molecule has 4 nitrogen and oxygen atoms in total. The molecular weight excluding hydrogens is 375 g/mol. The highest BCUT2D eigenvalue weighted by atomic mass is 32.2. The van der Waals surface area contributed by atoms with Crippen LogP contribution in [0.2, 0.25) is 0 Å². The highest BCUT2D eigenvalue weighted by molar-refractivity contribution is 8.00. The van der Waals surface area contributed by atoms with E-state index in [0.29, 0.717) is 27.9 Å². The van der Waals surface area contributed by atoms with Gasteiger partial charge in [-0.25, -0.2) is 4.98 Å². The predicted molar refractivity (Wildman–Crippen MR) is 90.7 cm³/mol. The van der Waals surface area contributed by atoms with Crippen molar-refractivity contribution in [2.45, 2.75) is 41.7 Å². The Hall–Kier alpha value is -1.29. The molecule has 0 aliphatic carbocycles. The van der Waals surface area contributed by atoms with Crippen molar-refractivity contribution in [2.24, 2.45) is 0 Å². The van der Waals surface area contributed by atoms with Gasteiger partial charge >= 0.3 is 12.0 Å². The van der Waals surface area contributed by atoms with Crippen molar-refractivity contribution < 1.29 is 28.1 Å². The van der Waals surface area contributed by atoms with Crippen LogP contribution in [0.4, 0.5) is 13.2 Å². The lowest BCUT2D eigenvalue weighted by atomic mass is 10.2. The highest BCUT2D eigenvalue weighted by Gasteiger charge is 2.56. The minimum absolute atomic E-state index is 0.468. The fourth-order valence-corrected chi connectivity index (χ4v) is 3.72. The zero-order valence-corrected chi connectivity index (χ0v) is 15.0. The third-order valence-corrected chi connectivity index (χ3v) is 5.61. The Labute approximate surface area is 151 Å². The molecule has 0 saturated carbocycles. The molecule has 25 heavy (non-hydrogen) atoms. The van der Waals surface area contributed by atoms with Gasteiger partial charge in [0, 0.05) is 5.75 Å². The van der Waals surface area contributed by atoms with Gasteiger partial charge in [0.25, 0.3) is 0 Å². The fourth-order valence-electron chi connectivity index (χ4n) is 1.78. The van der Waals surface area contributed by atoms with Gasteiger partial charge in [-0.15, -0.1) is 23.1 Å². The van der Waals surface area contributed by atoms with Gasteiger partial charge < -0.3 is 14.9 Å². The zero-order chi connectivity index (χ0) is 18.5. The van der Waals surface area contributed by atoms with Crippen LogP contribution in [0.1, 0.15) is 30.3 Å². The summed E-state index contributed by atoms with van der Waals surface area (Å²) in [6.45, 7) is 2.75. The van der Waals surface area contributed by atoms with Crippen LogP contribution in [0.5, 0.6) is 5.75 Å². The molecule has 0 radical (unpaired) electrons. The summed E-state index contributed by atoms with van der Waals surface area (Å²) in [5.74, 6) is -2.63. The van der Waals surface area contributed by atoms with Crippen LogP contribution in [0.15, 0.2) is 34.7 Å². The Balaban J connectivity index is 1.92. The van der Waals surface area contributed by atoms with E-state index >= 15 is 0 Å². The number of rotatable bonds is 8. The van der Waals surface area contributed by atoms with Gasteiger partial charge in [-0.2, -0.15) is 13.2 Å². The van der Waals surface area contributed by atoms with Gasteiger partial charge in [-0.1, -0.05) is 25.5 Å². The molecule has 9 heteroatoms. The van der Waals surface area contributed by atoms with E-state index in [1.165, 1.54) is 18.0 Å². The Bertz CT molecular complexity index is 672. The number of halogens is 3. The fraction of sp³-hybridized carbons (Fsp3) is 0.438. The summed E-state index contributed by atoms with van der Waals surface area (Å²) >= 11 is 1.88. The maximum Gasteiger partial charge on any atom is 0.450 e. The number of aromatic nitrogens is 1. The number of hydrogen-bond donors (Lipinski definition) is 2. The number of ether oxygens (including phenoxy) is 1. The minimum Gasteiger partial charge on any atom is -0.494 e. The first-order chi connectivity index (χ1) is 11.7.